The Morgan fingerprint density at radius 1 is 0.944 bits per heavy atom. The van der Waals surface area contributed by atoms with Gasteiger partial charge in [0.15, 0.2) is 10.8 Å². The first-order valence-corrected chi connectivity index (χ1v) is 6.88. The maximum atomic E-state index is 4.20. The predicted octanol–water partition coefficient (Wildman–Crippen LogP) is 3.06. The first-order chi connectivity index (χ1) is 8.93. The highest BCUT2D eigenvalue weighted by Crippen LogP contribution is 2.17. The lowest BCUT2D eigenvalue weighted by Gasteiger charge is -2.00. The summed E-state index contributed by atoms with van der Waals surface area (Å²) in [5, 5.41) is 9.30. The number of nitrogens with zero attached hydrogens (tertiary/aromatic N) is 3. The minimum Gasteiger partial charge on any atom is -0.277 e. The lowest BCUT2D eigenvalue weighted by atomic mass is 10.2. The van der Waals surface area contributed by atoms with Gasteiger partial charge >= 0.3 is 0 Å². The fraction of sp³-hybridized carbons (Fsp3) is 0.143. The summed E-state index contributed by atoms with van der Waals surface area (Å²) in [6.45, 7) is 0. The lowest BCUT2D eigenvalue weighted by molar-refractivity contribution is 0.919. The Balaban J connectivity index is 1.67. The van der Waals surface area contributed by atoms with Gasteiger partial charge in [-0.25, -0.2) is 0 Å². The van der Waals surface area contributed by atoms with Crippen molar-refractivity contribution in [2.75, 3.05) is 5.75 Å². The molecule has 2 aromatic heterocycles. The van der Waals surface area contributed by atoms with Crippen molar-refractivity contribution in [3.63, 3.8) is 0 Å². The van der Waals surface area contributed by atoms with Crippen molar-refractivity contribution in [1.82, 2.24) is 14.6 Å². The maximum Gasteiger partial charge on any atom is 0.195 e. The van der Waals surface area contributed by atoms with Crippen LogP contribution < -0.4 is 0 Å². The van der Waals surface area contributed by atoms with E-state index in [1.165, 1.54) is 5.56 Å². The molecule has 1 aromatic carbocycles. The van der Waals surface area contributed by atoms with E-state index in [4.69, 9.17) is 0 Å². The Morgan fingerprint density at radius 2 is 1.78 bits per heavy atom. The maximum absolute atomic E-state index is 4.20. The van der Waals surface area contributed by atoms with Crippen LogP contribution in [0.15, 0.2) is 59.9 Å². The number of aryl methyl sites for hydroxylation is 1. The van der Waals surface area contributed by atoms with E-state index < -0.39 is 0 Å². The summed E-state index contributed by atoms with van der Waals surface area (Å²) in [5.41, 5.74) is 2.26. The highest BCUT2D eigenvalue weighted by Gasteiger charge is 2.04. The molecule has 0 N–H and O–H groups in total. The summed E-state index contributed by atoms with van der Waals surface area (Å²) in [6, 6.07) is 16.4. The highest BCUT2D eigenvalue weighted by atomic mass is 32.2. The van der Waals surface area contributed by atoms with Crippen molar-refractivity contribution in [3.05, 3.63) is 60.3 Å². The third-order valence-corrected chi connectivity index (χ3v) is 3.69. The number of rotatable bonds is 4. The molecule has 90 valence electrons. The zero-order valence-corrected chi connectivity index (χ0v) is 10.7. The van der Waals surface area contributed by atoms with Gasteiger partial charge in [0.25, 0.3) is 0 Å². The number of hydrogen-bond donors (Lipinski definition) is 0. The van der Waals surface area contributed by atoms with Crippen LogP contribution in [0.3, 0.4) is 0 Å². The van der Waals surface area contributed by atoms with Gasteiger partial charge in [-0.05, 0) is 24.1 Å². The third-order valence-electron chi connectivity index (χ3n) is 2.75. The SMILES string of the molecule is c1ccc(CCSc2nnc3ccccn23)cc1. The second-order valence-electron chi connectivity index (χ2n) is 4.00. The van der Waals surface area contributed by atoms with Crippen LogP contribution in [0.2, 0.25) is 0 Å². The highest BCUT2D eigenvalue weighted by molar-refractivity contribution is 7.99. The van der Waals surface area contributed by atoms with Gasteiger partial charge in [-0.1, -0.05) is 48.2 Å². The summed E-state index contributed by atoms with van der Waals surface area (Å²) in [6.07, 6.45) is 3.05. The predicted molar refractivity (Wildman–Crippen MR) is 73.9 cm³/mol. The van der Waals surface area contributed by atoms with E-state index in [1.54, 1.807) is 11.8 Å². The molecule has 4 heteroatoms. The van der Waals surface area contributed by atoms with Crippen molar-refractivity contribution in [2.24, 2.45) is 0 Å². The number of fused-ring (bicyclic) bond motifs is 1. The van der Waals surface area contributed by atoms with E-state index >= 15 is 0 Å². The summed E-state index contributed by atoms with van der Waals surface area (Å²) >= 11 is 1.74. The number of benzene rings is 1. The van der Waals surface area contributed by atoms with Crippen LogP contribution >= 0.6 is 11.8 Å². The number of hydrogen-bond acceptors (Lipinski definition) is 3. The molecule has 0 bridgehead atoms. The molecule has 3 aromatic rings. The summed E-state index contributed by atoms with van der Waals surface area (Å²) in [7, 11) is 0. The topological polar surface area (TPSA) is 30.2 Å². The van der Waals surface area contributed by atoms with Crippen LogP contribution in [0.5, 0.6) is 0 Å². The Labute approximate surface area is 110 Å². The summed E-state index contributed by atoms with van der Waals surface area (Å²) in [4.78, 5) is 0. The van der Waals surface area contributed by atoms with E-state index in [2.05, 4.69) is 34.5 Å². The van der Waals surface area contributed by atoms with Crippen LogP contribution in [0, 0.1) is 0 Å². The normalized spacial score (nSPS) is 10.9. The molecule has 0 saturated heterocycles. The molecular formula is C14H13N3S. The van der Waals surface area contributed by atoms with Crippen molar-refractivity contribution < 1.29 is 0 Å². The van der Waals surface area contributed by atoms with E-state index in [1.807, 2.05) is 34.9 Å². The molecule has 0 atom stereocenters. The molecular weight excluding hydrogens is 242 g/mol. The molecule has 0 radical (unpaired) electrons. The molecule has 3 nitrogen and oxygen atoms in total. The first-order valence-electron chi connectivity index (χ1n) is 5.90. The van der Waals surface area contributed by atoms with E-state index in [0.29, 0.717) is 0 Å². The van der Waals surface area contributed by atoms with Gasteiger partial charge in [0, 0.05) is 11.9 Å². The van der Waals surface area contributed by atoms with Gasteiger partial charge in [0.1, 0.15) is 0 Å². The molecule has 18 heavy (non-hydrogen) atoms. The Bertz CT molecular complexity index is 634. The number of aromatic nitrogens is 3. The van der Waals surface area contributed by atoms with Crippen molar-refractivity contribution in [2.45, 2.75) is 11.6 Å². The Morgan fingerprint density at radius 3 is 2.67 bits per heavy atom. The molecule has 0 aliphatic carbocycles. The van der Waals surface area contributed by atoms with Gasteiger partial charge in [0.2, 0.25) is 0 Å². The monoisotopic (exact) mass is 255 g/mol. The number of pyridine rings is 1. The van der Waals surface area contributed by atoms with Gasteiger partial charge < -0.3 is 0 Å². The van der Waals surface area contributed by atoms with Crippen molar-refractivity contribution >= 4 is 17.4 Å². The average molecular weight is 255 g/mol. The fourth-order valence-corrected chi connectivity index (χ4v) is 2.74. The van der Waals surface area contributed by atoms with E-state index in [9.17, 15) is 0 Å². The largest absolute Gasteiger partial charge is 0.277 e. The van der Waals surface area contributed by atoms with Gasteiger partial charge in [0.05, 0.1) is 0 Å². The minimum atomic E-state index is 0.903. The standard InChI is InChI=1S/C14H13N3S/c1-2-6-12(7-3-1)9-11-18-14-16-15-13-8-4-5-10-17(13)14/h1-8,10H,9,11H2. The second kappa shape index (κ2) is 5.23. The Kier molecular flexibility index (Phi) is 3.28. The van der Waals surface area contributed by atoms with Crippen LogP contribution in [-0.4, -0.2) is 20.4 Å². The minimum absolute atomic E-state index is 0.903. The summed E-state index contributed by atoms with van der Waals surface area (Å²) in [5.74, 6) is 1.01. The van der Waals surface area contributed by atoms with Gasteiger partial charge in [-0.3, -0.25) is 4.40 Å². The Hall–Kier alpha value is -1.81. The van der Waals surface area contributed by atoms with Gasteiger partial charge in [-0.2, -0.15) is 0 Å². The molecule has 2 heterocycles. The fourth-order valence-electron chi connectivity index (χ4n) is 1.82. The summed E-state index contributed by atoms with van der Waals surface area (Å²) < 4.78 is 2.02. The molecule has 0 unspecified atom stereocenters. The van der Waals surface area contributed by atoms with Crippen LogP contribution in [-0.2, 0) is 6.42 Å². The van der Waals surface area contributed by atoms with Crippen molar-refractivity contribution in [3.8, 4) is 0 Å². The van der Waals surface area contributed by atoms with Crippen LogP contribution in [0.25, 0.3) is 5.65 Å². The molecule has 0 spiro atoms. The zero-order chi connectivity index (χ0) is 12.2. The molecule has 0 aliphatic heterocycles. The quantitative estimate of drug-likeness (QED) is 0.671. The molecule has 3 rings (SSSR count). The average Bonchev–Trinajstić information content (AvgIpc) is 2.84. The zero-order valence-electron chi connectivity index (χ0n) is 9.86. The van der Waals surface area contributed by atoms with Crippen LogP contribution in [0.4, 0.5) is 0 Å². The first kappa shape index (κ1) is 11.3. The van der Waals surface area contributed by atoms with E-state index in [0.717, 1.165) is 23.0 Å². The third kappa shape index (κ3) is 2.38. The van der Waals surface area contributed by atoms with Crippen LogP contribution in [0.1, 0.15) is 5.56 Å². The van der Waals surface area contributed by atoms with Gasteiger partial charge in [-0.15, -0.1) is 10.2 Å². The van der Waals surface area contributed by atoms with E-state index in [-0.39, 0.29) is 0 Å². The van der Waals surface area contributed by atoms with Crippen molar-refractivity contribution in [1.29, 1.82) is 0 Å². The molecule has 0 amide bonds. The second-order valence-corrected chi connectivity index (χ2v) is 5.06. The molecule has 0 fully saturated rings. The molecule has 0 aliphatic rings. The lowest BCUT2D eigenvalue weighted by Crippen LogP contribution is -1.91. The molecule has 0 saturated carbocycles. The smallest absolute Gasteiger partial charge is 0.195 e. The number of thioether (sulfide) groups is 1.